The molecule has 0 bridgehead atoms. The van der Waals surface area contributed by atoms with Gasteiger partial charge in [-0.3, -0.25) is 14.4 Å². The zero-order valence-corrected chi connectivity index (χ0v) is 21.3. The normalized spacial score (nSPS) is 18.8. The zero-order valence-electron chi connectivity index (χ0n) is 20.6. The summed E-state index contributed by atoms with van der Waals surface area (Å²) in [6, 6.07) is 4.41. The van der Waals surface area contributed by atoms with Crippen molar-refractivity contribution >= 4 is 35.0 Å². The Morgan fingerprint density at radius 3 is 2.44 bits per heavy atom. The molecule has 0 aromatic heterocycles. The Bertz CT molecular complexity index is 856. The van der Waals surface area contributed by atoms with Gasteiger partial charge in [0.2, 0.25) is 11.8 Å². The summed E-state index contributed by atoms with van der Waals surface area (Å²) in [5.74, 6) is -0.357. The van der Waals surface area contributed by atoms with Crippen LogP contribution in [0, 0.1) is 0 Å². The number of likely N-dealkylation sites (N-methyl/N-ethyl adjacent to an activating group) is 1. The number of nitrogens with zero attached hydrogens (tertiary/aromatic N) is 3. The molecule has 2 aliphatic heterocycles. The minimum Gasteiger partial charge on any atom is -0.378 e. The van der Waals surface area contributed by atoms with Crippen LogP contribution in [0.25, 0.3) is 0 Å². The highest BCUT2D eigenvalue weighted by atomic mass is 35.5. The lowest BCUT2D eigenvalue weighted by Crippen LogP contribution is -2.48. The maximum Gasteiger partial charge on any atom is 0.256 e. The van der Waals surface area contributed by atoms with Gasteiger partial charge in [0.25, 0.3) is 5.91 Å². The largest absolute Gasteiger partial charge is 0.378 e. The van der Waals surface area contributed by atoms with Crippen LogP contribution in [0.1, 0.15) is 75.1 Å². The number of unbranched alkanes of at least 4 members (excludes halogenated alkanes) is 6. The van der Waals surface area contributed by atoms with Gasteiger partial charge in [-0.1, -0.05) is 57.0 Å². The molecule has 3 rings (SSSR count). The van der Waals surface area contributed by atoms with E-state index in [2.05, 4.69) is 6.92 Å². The highest BCUT2D eigenvalue weighted by Crippen LogP contribution is 2.32. The number of benzene rings is 1. The summed E-state index contributed by atoms with van der Waals surface area (Å²) >= 11 is 6.26. The van der Waals surface area contributed by atoms with Crippen molar-refractivity contribution in [1.82, 2.24) is 9.80 Å². The van der Waals surface area contributed by atoms with Gasteiger partial charge in [-0.25, -0.2) is 0 Å². The first-order valence-electron chi connectivity index (χ1n) is 12.7. The van der Waals surface area contributed by atoms with Crippen molar-refractivity contribution in [1.29, 1.82) is 0 Å². The summed E-state index contributed by atoms with van der Waals surface area (Å²) in [5.41, 5.74) is 1.05. The second kappa shape index (κ2) is 13.1. The lowest BCUT2D eigenvalue weighted by atomic mass is 10.1. The molecule has 1 atom stereocenters. The third-order valence-electron chi connectivity index (χ3n) is 6.80. The zero-order chi connectivity index (χ0) is 24.5. The minimum atomic E-state index is -0.687. The minimum absolute atomic E-state index is 0.000355. The summed E-state index contributed by atoms with van der Waals surface area (Å²) in [6.07, 6.45) is 8.48. The molecule has 188 valence electrons. The highest BCUT2D eigenvalue weighted by Gasteiger charge is 2.38. The molecule has 2 aliphatic rings. The fourth-order valence-electron chi connectivity index (χ4n) is 4.71. The molecule has 0 radical (unpaired) electrons. The molecular formula is C26H38ClN3O4. The number of halogens is 1. The molecule has 7 nitrogen and oxygen atoms in total. The van der Waals surface area contributed by atoms with Gasteiger partial charge in [0, 0.05) is 38.1 Å². The first kappa shape index (κ1) is 26.5. The van der Waals surface area contributed by atoms with E-state index in [1.165, 1.54) is 30.6 Å². The van der Waals surface area contributed by atoms with Gasteiger partial charge in [0.1, 0.15) is 6.04 Å². The Hall–Kier alpha value is -2.12. The first-order chi connectivity index (χ1) is 16.4. The Morgan fingerprint density at radius 1 is 1.06 bits per heavy atom. The SMILES string of the molecule is CCCCCCCCCN1C(=O)[C@@H](CCC(=O)N2CCOCC2)N(C)C(=O)c2ccc(Cl)cc21. The van der Waals surface area contributed by atoms with Crippen molar-refractivity contribution in [3.63, 3.8) is 0 Å². The molecule has 0 N–H and O–H groups in total. The monoisotopic (exact) mass is 491 g/mol. The number of hydrogen-bond acceptors (Lipinski definition) is 4. The van der Waals surface area contributed by atoms with Gasteiger partial charge in [-0.2, -0.15) is 0 Å². The molecule has 1 saturated heterocycles. The molecule has 1 fully saturated rings. The number of fused-ring (bicyclic) bond motifs is 1. The molecule has 1 aromatic carbocycles. The van der Waals surface area contributed by atoms with Gasteiger partial charge >= 0.3 is 0 Å². The predicted octanol–water partition coefficient (Wildman–Crippen LogP) is 4.52. The maximum atomic E-state index is 13.7. The van der Waals surface area contributed by atoms with Crippen molar-refractivity contribution in [2.24, 2.45) is 0 Å². The van der Waals surface area contributed by atoms with E-state index in [-0.39, 0.29) is 24.1 Å². The molecule has 3 amide bonds. The van der Waals surface area contributed by atoms with Crippen molar-refractivity contribution < 1.29 is 19.1 Å². The van der Waals surface area contributed by atoms with Crippen molar-refractivity contribution in [2.45, 2.75) is 70.8 Å². The van der Waals surface area contributed by atoms with Crippen molar-refractivity contribution in [3.05, 3.63) is 28.8 Å². The number of hydrogen-bond donors (Lipinski definition) is 0. The standard InChI is InChI=1S/C26H38ClN3O4/c1-3-4-5-6-7-8-9-14-30-23-19-20(27)10-11-21(23)25(32)28(2)22(26(30)33)12-13-24(31)29-15-17-34-18-16-29/h10-11,19,22H,3-9,12-18H2,1-2H3/t22-/m1/s1. The van der Waals surface area contributed by atoms with Crippen LogP contribution >= 0.6 is 11.6 Å². The van der Waals surface area contributed by atoms with E-state index >= 15 is 0 Å². The van der Waals surface area contributed by atoms with E-state index in [0.29, 0.717) is 55.5 Å². The van der Waals surface area contributed by atoms with Crippen LogP contribution in [0.2, 0.25) is 5.02 Å². The van der Waals surface area contributed by atoms with Gasteiger partial charge in [-0.15, -0.1) is 0 Å². The van der Waals surface area contributed by atoms with E-state index < -0.39 is 6.04 Å². The molecule has 0 saturated carbocycles. The van der Waals surface area contributed by atoms with Gasteiger partial charge < -0.3 is 19.4 Å². The number of carbonyl (C=O) groups excluding carboxylic acids is 3. The van der Waals surface area contributed by atoms with Gasteiger partial charge in [0.15, 0.2) is 0 Å². The topological polar surface area (TPSA) is 70.2 Å². The van der Waals surface area contributed by atoms with E-state index in [0.717, 1.165) is 19.3 Å². The molecule has 0 unspecified atom stereocenters. The number of carbonyl (C=O) groups is 3. The number of morpholine rings is 1. The highest BCUT2D eigenvalue weighted by molar-refractivity contribution is 6.31. The maximum absolute atomic E-state index is 13.7. The van der Waals surface area contributed by atoms with Gasteiger partial charge in [0.05, 0.1) is 24.5 Å². The Labute approximate surface area is 208 Å². The summed E-state index contributed by atoms with van der Waals surface area (Å²) in [5, 5.41) is 0.493. The smallest absolute Gasteiger partial charge is 0.256 e. The van der Waals surface area contributed by atoms with E-state index in [9.17, 15) is 14.4 Å². The van der Waals surface area contributed by atoms with Crippen molar-refractivity contribution in [2.75, 3.05) is 44.8 Å². The lowest BCUT2D eigenvalue weighted by Gasteiger charge is -2.30. The van der Waals surface area contributed by atoms with E-state index in [1.54, 1.807) is 35.0 Å². The van der Waals surface area contributed by atoms with Crippen LogP contribution in [0.4, 0.5) is 5.69 Å². The number of anilines is 1. The van der Waals surface area contributed by atoms with Crippen LogP contribution < -0.4 is 4.90 Å². The Kier molecular flexibility index (Phi) is 10.2. The second-order valence-electron chi connectivity index (χ2n) is 9.24. The molecule has 0 spiro atoms. The fraction of sp³-hybridized carbons (Fsp3) is 0.654. The predicted molar refractivity (Wildman–Crippen MR) is 134 cm³/mol. The molecule has 34 heavy (non-hydrogen) atoms. The van der Waals surface area contributed by atoms with Crippen LogP contribution in [0.5, 0.6) is 0 Å². The van der Waals surface area contributed by atoms with E-state index in [1.807, 2.05) is 0 Å². The molecule has 8 heteroatoms. The number of rotatable bonds is 11. The fourth-order valence-corrected chi connectivity index (χ4v) is 4.88. The summed E-state index contributed by atoms with van der Waals surface area (Å²) in [4.78, 5) is 44.7. The molecular weight excluding hydrogens is 454 g/mol. The molecule has 2 heterocycles. The first-order valence-corrected chi connectivity index (χ1v) is 13.1. The Balaban J connectivity index is 1.71. The average Bonchev–Trinajstić information content (AvgIpc) is 2.91. The Morgan fingerprint density at radius 2 is 1.74 bits per heavy atom. The van der Waals surface area contributed by atoms with Gasteiger partial charge in [-0.05, 0) is 31.0 Å². The van der Waals surface area contributed by atoms with Crippen LogP contribution in [-0.4, -0.2) is 73.5 Å². The van der Waals surface area contributed by atoms with E-state index in [4.69, 9.17) is 16.3 Å². The van der Waals surface area contributed by atoms with Crippen LogP contribution in [0.15, 0.2) is 18.2 Å². The number of amides is 3. The second-order valence-corrected chi connectivity index (χ2v) is 9.67. The quantitative estimate of drug-likeness (QED) is 0.427. The molecule has 1 aromatic rings. The summed E-state index contributed by atoms with van der Waals surface area (Å²) < 4.78 is 5.32. The molecule has 0 aliphatic carbocycles. The summed E-state index contributed by atoms with van der Waals surface area (Å²) in [6.45, 7) is 4.95. The lowest BCUT2D eigenvalue weighted by molar-refractivity contribution is -0.135. The van der Waals surface area contributed by atoms with Crippen LogP contribution in [-0.2, 0) is 14.3 Å². The number of ether oxygens (including phenoxy) is 1. The van der Waals surface area contributed by atoms with Crippen molar-refractivity contribution in [3.8, 4) is 0 Å². The third kappa shape index (κ3) is 6.72. The average molecular weight is 492 g/mol. The van der Waals surface area contributed by atoms with Crippen LogP contribution in [0.3, 0.4) is 0 Å². The third-order valence-corrected chi connectivity index (χ3v) is 7.04. The summed E-state index contributed by atoms with van der Waals surface area (Å²) in [7, 11) is 1.65.